The average molecular weight is 1920 g/mol. The van der Waals surface area contributed by atoms with Gasteiger partial charge in [0.1, 0.15) is 35.2 Å². The smallest absolute Gasteiger partial charge is 0.309 e. The Morgan fingerprint density at radius 3 is 1.18 bits per heavy atom. The minimum Gasteiger partial charge on any atom is -0.309 e. The number of hydrogen-bond acceptors (Lipinski definition) is 24. The van der Waals surface area contributed by atoms with Crippen LogP contribution in [0.5, 0.6) is 0 Å². The van der Waals surface area contributed by atoms with Gasteiger partial charge >= 0.3 is 24.1 Å². The van der Waals surface area contributed by atoms with E-state index in [0.29, 0.717) is 59.7 Å². The van der Waals surface area contributed by atoms with Crippen LogP contribution in [0.3, 0.4) is 0 Å². The van der Waals surface area contributed by atoms with Gasteiger partial charge in [-0.05, 0) is 295 Å². The second kappa shape index (κ2) is 42.4. The van der Waals surface area contributed by atoms with Crippen molar-refractivity contribution < 1.29 is 61.6 Å². The minimum absolute atomic E-state index is 0.0134. The van der Waals surface area contributed by atoms with E-state index < -0.39 is 81.4 Å². The first-order valence-electron chi connectivity index (χ1n) is 43.9. The van der Waals surface area contributed by atoms with Crippen LogP contribution in [0.2, 0.25) is 0 Å². The molecule has 36 nitrogen and oxygen atoms in total. The van der Waals surface area contributed by atoms with E-state index in [-0.39, 0.29) is 71.9 Å². The van der Waals surface area contributed by atoms with Crippen molar-refractivity contribution >= 4 is 87.0 Å². The highest BCUT2D eigenvalue weighted by Crippen LogP contribution is 2.43. The van der Waals surface area contributed by atoms with Gasteiger partial charge in [0.2, 0.25) is 0 Å². The van der Waals surface area contributed by atoms with Crippen LogP contribution in [-0.2, 0) is 137 Å². The fraction of sp³-hybridized carbons (Fsp3) is 0.435. The molecule has 0 unspecified atom stereocenters. The van der Waals surface area contributed by atoms with E-state index in [4.69, 9.17) is 0 Å². The van der Waals surface area contributed by atoms with Gasteiger partial charge in [-0.2, -0.15) is 64.6 Å². The molecule has 4 aromatic carbocycles. The Morgan fingerprint density at radius 2 is 0.813 bits per heavy atom. The number of nitrogens with zero attached hydrogens (tertiary/aromatic N) is 16. The first-order chi connectivity index (χ1) is 63.0. The van der Waals surface area contributed by atoms with Crippen molar-refractivity contribution in [1.29, 1.82) is 10.5 Å². The highest BCUT2D eigenvalue weighted by Gasteiger charge is 2.36. The molecule has 6 aromatic heterocycles. The molecule has 716 valence electrons. The van der Waals surface area contributed by atoms with Gasteiger partial charge in [0.15, 0.2) is 20.1 Å². The summed E-state index contributed by atoms with van der Waals surface area (Å²) < 4.78 is 147. The first-order valence-corrected chi connectivity index (χ1v) is 49.9. The maximum atomic E-state index is 14.5. The number of aromatic nitrogens is 10. The lowest BCUT2D eigenvalue weighted by Crippen LogP contribution is -2.37. The highest BCUT2D eigenvalue weighted by molar-refractivity contribution is 7.90. The molecule has 6 heterocycles. The van der Waals surface area contributed by atoms with Crippen molar-refractivity contribution in [2.45, 2.75) is 209 Å². The largest absolute Gasteiger partial charge is 0.333 e. The number of carbonyl (C=O) groups is 4. The number of carbonyl (C=O) groups excluding carboxylic acids is 4. The number of nitriles is 2. The Labute approximate surface area is 782 Å². The summed E-state index contributed by atoms with van der Waals surface area (Å²) in [7, 11) is 1.69. The summed E-state index contributed by atoms with van der Waals surface area (Å²) in [6.07, 6.45) is 15.4. The van der Waals surface area contributed by atoms with E-state index in [1.807, 2.05) is 160 Å². The van der Waals surface area contributed by atoms with Crippen LogP contribution >= 0.6 is 0 Å². The molecular formula is C92H118F2N24O12S4. The van der Waals surface area contributed by atoms with E-state index in [2.05, 4.69) is 73.2 Å². The summed E-state index contributed by atoms with van der Waals surface area (Å²) >= 11 is 0. The number of amides is 8. The topological polar surface area (TPSA) is 459 Å². The van der Waals surface area contributed by atoms with Gasteiger partial charge < -0.3 is 36.0 Å². The number of hydrogen-bond donors (Lipinski definition) is 8. The molecule has 8 amide bonds. The molecule has 4 aliphatic carbocycles. The van der Waals surface area contributed by atoms with Crippen LogP contribution in [0.4, 0.5) is 50.7 Å². The Morgan fingerprint density at radius 1 is 0.455 bits per heavy atom. The van der Waals surface area contributed by atoms with Crippen molar-refractivity contribution in [2.75, 3.05) is 84.2 Å². The summed E-state index contributed by atoms with van der Waals surface area (Å²) in [5.74, 6) is -1.50. The van der Waals surface area contributed by atoms with E-state index in [1.54, 1.807) is 46.3 Å². The number of anilines is 4. The van der Waals surface area contributed by atoms with Gasteiger partial charge in [-0.1, -0.05) is 39.8 Å². The summed E-state index contributed by atoms with van der Waals surface area (Å²) in [4.78, 5) is 66.9. The molecule has 0 atom stereocenters. The van der Waals surface area contributed by atoms with Crippen molar-refractivity contribution in [1.82, 2.24) is 87.6 Å². The monoisotopic (exact) mass is 1920 g/mol. The number of fused-ring (bicyclic) bond motifs is 4. The number of halogens is 2. The lowest BCUT2D eigenvalue weighted by Gasteiger charge is -2.32. The van der Waals surface area contributed by atoms with Crippen LogP contribution in [0.25, 0.3) is 22.3 Å². The zero-order valence-corrected chi connectivity index (χ0v) is 82.2. The molecule has 0 aliphatic heterocycles. The van der Waals surface area contributed by atoms with Gasteiger partial charge in [0, 0.05) is 118 Å². The zero-order valence-electron chi connectivity index (χ0n) is 78.9. The van der Waals surface area contributed by atoms with E-state index in [1.165, 1.54) is 93.9 Å². The third-order valence-electron chi connectivity index (χ3n) is 23.5. The van der Waals surface area contributed by atoms with Crippen LogP contribution in [0, 0.1) is 34.3 Å². The zero-order chi connectivity index (χ0) is 98.1. The molecule has 0 saturated heterocycles. The van der Waals surface area contributed by atoms with Gasteiger partial charge in [-0.15, -0.1) is 0 Å². The normalized spacial score (nSPS) is 13.4. The van der Waals surface area contributed by atoms with Gasteiger partial charge in [-0.25, -0.2) is 56.8 Å². The molecule has 0 bridgehead atoms. The van der Waals surface area contributed by atoms with Gasteiger partial charge in [0.25, 0.3) is 40.1 Å². The molecule has 0 saturated carbocycles. The molecule has 0 spiro atoms. The number of nitrogens with one attached hydrogen (secondary N) is 8. The number of sulfonamides is 4. The number of urea groups is 4. The Hall–Kier alpha value is -12.4. The predicted molar refractivity (Wildman–Crippen MR) is 506 cm³/mol. The van der Waals surface area contributed by atoms with E-state index in [9.17, 15) is 72.2 Å². The Kier molecular flexibility index (Phi) is 32.3. The highest BCUT2D eigenvalue weighted by atomic mass is 32.2. The quantitative estimate of drug-likeness (QED) is 0.0237. The number of likely N-dealkylation sites (N-methyl/N-ethyl adjacent to an activating group) is 1. The summed E-state index contributed by atoms with van der Waals surface area (Å²) in [5, 5.41) is 45.0. The van der Waals surface area contributed by atoms with Crippen LogP contribution < -0.4 is 40.2 Å². The average Bonchev–Trinajstić information content (AvgIpc) is 1.61. The molecule has 0 radical (unpaired) electrons. The molecule has 4 aliphatic rings. The fourth-order valence-corrected chi connectivity index (χ4v) is 20.3. The second-order valence-electron chi connectivity index (χ2n) is 35.8. The van der Waals surface area contributed by atoms with Gasteiger partial charge in [-0.3, -0.25) is 23.6 Å². The number of aryl methyl sites for hydroxylation is 7. The molecule has 10 aromatic rings. The van der Waals surface area contributed by atoms with Crippen molar-refractivity contribution in [3.63, 3.8) is 0 Å². The molecule has 42 heteroatoms. The number of rotatable bonds is 27. The second-order valence-corrected chi connectivity index (χ2v) is 42.3. The molecular weight excluding hydrogens is 1800 g/mol. The summed E-state index contributed by atoms with van der Waals surface area (Å²) in [6, 6.07) is 21.8. The SMILES string of the molecule is CC(C)c1cc(F)cc(-c2ccnc(C#N)c2)c1NC(=O)NS(=O)(=O)c1cc(CN(C)C)n(C)n1.CC(C)n1nc(S(=O)(=O)NC(=O)Nc2c3c(cc4c2CCC4)CCC3)cc1CCN(C)C.CCn1nc(S(=O)(=O)NC(=O)Nc2c(-c3ccnc(C#N)c3)cc(F)cc2C(C)C)cc1CN(C)C.CN(C)C(C)(C)c1cc(S(=O)(=O)NC(=O)Nc2c3c(cc4c2CCC4)CCC3)nn1C. The van der Waals surface area contributed by atoms with Crippen molar-refractivity contribution in [3.05, 3.63) is 199 Å². The lowest BCUT2D eigenvalue weighted by molar-refractivity contribution is 0.185. The molecule has 8 N–H and O–H groups in total. The fourth-order valence-electron chi connectivity index (χ4n) is 16.7. The van der Waals surface area contributed by atoms with E-state index >= 15 is 0 Å². The Balaban J connectivity index is 0.000000172. The van der Waals surface area contributed by atoms with Crippen LogP contribution in [0.1, 0.15) is 196 Å². The maximum absolute atomic E-state index is 14.5. The maximum Gasteiger partial charge on any atom is 0.333 e. The van der Waals surface area contributed by atoms with E-state index in [0.717, 1.165) is 129 Å². The van der Waals surface area contributed by atoms with Crippen molar-refractivity contribution in [2.24, 2.45) is 14.1 Å². The Bertz CT molecular complexity index is 6640. The standard InChI is InChI=1S/C24H28FN7O3S.C23H26FN7O3S.C23H33N5O3S.C22H31N5O3S/c1-6-32-19(14-31(4)5)12-22(29-32)36(34,35)30-24(33)28-23-20(15(2)3)10-17(25)11-21(23)16-7-8-27-18(9-16)13-26;1-14(2)19-9-16(24)10-20(15-6-7-26-17(8-15)12-25)22(19)27-23(32)29-35(33,34)21-11-18(13-30(3)4)31(5)28-21;1-15(2)28-18(11-12-27(3)4)14-21(25-28)32(30,31)26-23(29)24-22-19-9-5-7-16(19)13-17-8-6-10-20(17)22;1-22(2,26(3)4)18-13-19(24-27(18)5)31(29,30)25-21(28)23-20-16-10-6-8-14(16)12-15-9-7-11-17(15)20/h7-12,15H,6,14H2,1-5H3,(H2,28,30,33);6-11,14H,13H2,1-5H3,(H2,27,29,32);13-15H,5-12H2,1-4H3,(H2,24,26,29);12-13H,6-11H2,1-5H3,(H2,23,25,28). The third kappa shape index (κ3) is 24.4. The van der Waals surface area contributed by atoms with Gasteiger partial charge in [0.05, 0.1) is 34.0 Å². The number of pyridine rings is 2. The molecule has 14 rings (SSSR count). The summed E-state index contributed by atoms with van der Waals surface area (Å²) in [5.41, 5.74) is 16.9. The molecule has 134 heavy (non-hydrogen) atoms. The molecule has 0 fully saturated rings. The van der Waals surface area contributed by atoms with Crippen LogP contribution in [0.15, 0.2) is 117 Å². The van der Waals surface area contributed by atoms with Crippen LogP contribution in [-0.4, -0.2) is 189 Å². The minimum atomic E-state index is -4.30. The predicted octanol–water partition coefficient (Wildman–Crippen LogP) is 12.6. The summed E-state index contributed by atoms with van der Waals surface area (Å²) in [6.45, 7) is 19.1. The first kappa shape index (κ1) is 102. The lowest BCUT2D eigenvalue weighted by atomic mass is 9.94. The third-order valence-corrected chi connectivity index (χ3v) is 28.4. The van der Waals surface area contributed by atoms with Crippen molar-refractivity contribution in [3.8, 4) is 34.4 Å². The number of benzene rings is 4.